The summed E-state index contributed by atoms with van der Waals surface area (Å²) in [5.74, 6) is 4.65. The fourth-order valence-corrected chi connectivity index (χ4v) is 14.3. The maximum Gasteiger partial charge on any atom is 0.272 e. The van der Waals surface area contributed by atoms with Crippen LogP contribution < -0.4 is 15.5 Å². The van der Waals surface area contributed by atoms with Crippen molar-refractivity contribution < 1.29 is 129 Å². The predicted octanol–water partition coefficient (Wildman–Crippen LogP) is -2.03. The van der Waals surface area contributed by atoms with E-state index >= 15 is 0 Å². The average molecular weight is 1500 g/mol. The highest BCUT2D eigenvalue weighted by molar-refractivity contribution is 5.97. The van der Waals surface area contributed by atoms with Crippen LogP contribution in [0.5, 0.6) is 0 Å². The molecule has 4 fully saturated rings. The second-order valence-electron chi connectivity index (χ2n) is 27.3. The van der Waals surface area contributed by atoms with E-state index in [1.165, 1.54) is 0 Å². The zero-order valence-corrected chi connectivity index (χ0v) is 61.1. The van der Waals surface area contributed by atoms with E-state index in [0.717, 1.165) is 86.5 Å². The predicted molar refractivity (Wildman–Crippen MR) is 378 cm³/mol. The monoisotopic (exact) mass is 1500 g/mol. The van der Waals surface area contributed by atoms with Crippen molar-refractivity contribution in [1.82, 2.24) is 25.4 Å². The lowest BCUT2D eigenvalue weighted by atomic mass is 9.70. The van der Waals surface area contributed by atoms with Gasteiger partial charge in [-0.3, -0.25) is 19.2 Å². The summed E-state index contributed by atoms with van der Waals surface area (Å²) in [4.78, 5) is 64.9. The molecule has 106 heavy (non-hydrogen) atoms. The molecule has 592 valence electrons. The summed E-state index contributed by atoms with van der Waals surface area (Å²) >= 11 is 0. The van der Waals surface area contributed by atoms with Crippen LogP contribution in [0.3, 0.4) is 0 Å². The Morgan fingerprint density at radius 1 is 0.462 bits per heavy atom. The lowest BCUT2D eigenvalue weighted by Gasteiger charge is -2.45. The van der Waals surface area contributed by atoms with Gasteiger partial charge in [0.1, 0.15) is 122 Å². The van der Waals surface area contributed by atoms with Gasteiger partial charge >= 0.3 is 0 Å². The molecule has 32 heteroatoms. The Morgan fingerprint density at radius 3 is 1.27 bits per heavy atom. The largest absolute Gasteiger partial charge is 0.394 e. The van der Waals surface area contributed by atoms with Gasteiger partial charge in [0.2, 0.25) is 11.8 Å². The molecule has 0 unspecified atom stereocenters. The van der Waals surface area contributed by atoms with E-state index < -0.39 is 180 Å². The lowest BCUT2D eigenvalue weighted by Crippen LogP contribution is -2.64. The van der Waals surface area contributed by atoms with E-state index in [-0.39, 0.29) is 49.4 Å². The number of aromatic nitrogens is 1. The highest BCUT2D eigenvalue weighted by Gasteiger charge is 2.53. The fraction of sp³-hybridized carbons (Fsp3) is 0.689. The zero-order chi connectivity index (χ0) is 77.1. The van der Waals surface area contributed by atoms with Gasteiger partial charge in [0.05, 0.1) is 26.4 Å². The molecule has 1 aromatic heterocycles. The first-order valence-electron chi connectivity index (χ1n) is 37.0. The fourth-order valence-electron chi connectivity index (χ4n) is 14.3. The van der Waals surface area contributed by atoms with Gasteiger partial charge in [-0.1, -0.05) is 89.2 Å². The Bertz CT molecular complexity index is 3220. The molecule has 16 N–H and O–H groups in total. The third kappa shape index (κ3) is 20.3. The number of aliphatic hydroxyl groups excluding tert-OH is 14. The maximum absolute atomic E-state index is 13.8. The SMILES string of the molecule is CCCCCCC1(CCCCCC)c2cc(C#Cc3cc(C(=O)N(CC)CC)nc(C(=O)N(CC)CC)c3)ccc2-c2ccc(N(CCNC(=O)CO[C@H]3O[C@H](CO)[C@@H](O[C@@H]4O[C@H](CO)[C@H](O)[C@H](O)[C@H]4O)[C@H](O)[C@H]3O)CCNC(=O)CO[C@H]3O[C@H](CO)[C@@H](O[C@@H]4O[C@H](CO)[C@H](O)[C@H](O)[C@H]4O)[C@H](O)[C@H]3O)cc21. The van der Waals surface area contributed by atoms with Crippen LogP contribution in [0.2, 0.25) is 0 Å². The van der Waals surface area contributed by atoms with Crippen molar-refractivity contribution in [3.05, 3.63) is 82.2 Å². The van der Waals surface area contributed by atoms with Crippen molar-refractivity contribution in [3.63, 3.8) is 0 Å². The molecule has 0 spiro atoms. The quantitative estimate of drug-likeness (QED) is 0.0219. The summed E-state index contributed by atoms with van der Waals surface area (Å²) < 4.78 is 44.9. The Morgan fingerprint density at radius 2 is 0.858 bits per heavy atom. The average Bonchev–Trinajstić information content (AvgIpc) is 1.56. The Labute approximate surface area is 617 Å². The van der Waals surface area contributed by atoms with Crippen LogP contribution in [0.25, 0.3) is 11.1 Å². The second-order valence-corrected chi connectivity index (χ2v) is 27.3. The van der Waals surface area contributed by atoms with E-state index in [9.17, 15) is 90.7 Å². The first kappa shape index (κ1) is 85.6. The van der Waals surface area contributed by atoms with Crippen LogP contribution in [-0.2, 0) is 52.9 Å². The molecule has 5 heterocycles. The molecule has 32 nitrogen and oxygen atoms in total. The summed E-state index contributed by atoms with van der Waals surface area (Å²) in [6.07, 6.45) is -25.0. The lowest BCUT2D eigenvalue weighted by molar-refractivity contribution is -0.358. The molecule has 20 atom stereocenters. The number of rotatable bonds is 37. The molecule has 0 radical (unpaired) electrons. The Kier molecular flexibility index (Phi) is 32.8. The van der Waals surface area contributed by atoms with E-state index in [2.05, 4.69) is 65.6 Å². The number of carbonyl (C=O) groups excluding carboxylic acids is 4. The number of ether oxygens (including phenoxy) is 8. The summed E-state index contributed by atoms with van der Waals surface area (Å²) in [6.45, 7) is 9.03. The molecule has 4 amide bonds. The van der Waals surface area contributed by atoms with Crippen molar-refractivity contribution in [2.45, 2.75) is 234 Å². The van der Waals surface area contributed by atoms with Gasteiger partial charge in [-0.2, -0.15) is 0 Å². The number of hydrogen-bond acceptors (Lipinski definition) is 28. The van der Waals surface area contributed by atoms with Crippen molar-refractivity contribution in [1.29, 1.82) is 0 Å². The highest BCUT2D eigenvalue weighted by atomic mass is 16.8. The Balaban J connectivity index is 1.05. The summed E-state index contributed by atoms with van der Waals surface area (Å²) in [5, 5.41) is 153. The number of hydrogen-bond donors (Lipinski definition) is 16. The van der Waals surface area contributed by atoms with Crippen molar-refractivity contribution in [2.75, 3.05) is 96.9 Å². The number of unbranched alkanes of at least 4 members (excludes halogenated alkanes) is 6. The number of carbonyl (C=O) groups is 4. The number of fused-ring (bicyclic) bond motifs is 3. The van der Waals surface area contributed by atoms with E-state index in [1.54, 1.807) is 21.9 Å². The number of benzene rings is 2. The van der Waals surface area contributed by atoms with Gasteiger partial charge in [-0.15, -0.1) is 0 Å². The molecule has 1 aliphatic carbocycles. The van der Waals surface area contributed by atoms with Gasteiger partial charge in [0.25, 0.3) is 11.8 Å². The first-order chi connectivity index (χ1) is 50.9. The molecular weight excluding hydrogens is 1390 g/mol. The minimum atomic E-state index is -1.91. The normalized spacial score (nSPS) is 29.6. The number of anilines is 1. The summed E-state index contributed by atoms with van der Waals surface area (Å²) in [7, 11) is 0. The number of nitrogens with one attached hydrogen (secondary N) is 2. The molecule has 3 aromatic rings. The van der Waals surface area contributed by atoms with Crippen LogP contribution in [0.4, 0.5) is 5.69 Å². The van der Waals surface area contributed by atoms with E-state index in [4.69, 9.17) is 37.9 Å². The minimum absolute atomic E-state index is 0.0389. The smallest absolute Gasteiger partial charge is 0.272 e. The summed E-state index contributed by atoms with van der Waals surface area (Å²) in [5.41, 5.74) is 5.77. The summed E-state index contributed by atoms with van der Waals surface area (Å²) in [6, 6.07) is 15.6. The number of aliphatic hydroxyl groups is 14. The van der Waals surface area contributed by atoms with Crippen LogP contribution in [0.15, 0.2) is 48.5 Å². The molecule has 4 saturated heterocycles. The van der Waals surface area contributed by atoms with E-state index in [0.29, 0.717) is 43.0 Å². The third-order valence-electron chi connectivity index (χ3n) is 20.4. The number of amides is 4. The molecule has 0 bridgehead atoms. The zero-order valence-electron chi connectivity index (χ0n) is 61.1. The maximum atomic E-state index is 13.8. The highest BCUT2D eigenvalue weighted by Crippen LogP contribution is 2.55. The minimum Gasteiger partial charge on any atom is -0.394 e. The first-order valence-corrected chi connectivity index (χ1v) is 37.0. The van der Waals surface area contributed by atoms with Crippen LogP contribution in [0, 0.1) is 11.8 Å². The molecule has 8 rings (SSSR count). The molecule has 4 aliphatic heterocycles. The van der Waals surface area contributed by atoms with E-state index in [1.807, 2.05) is 44.7 Å². The molecule has 2 aromatic carbocycles. The van der Waals surface area contributed by atoms with Gasteiger partial charge in [0.15, 0.2) is 25.2 Å². The van der Waals surface area contributed by atoms with Gasteiger partial charge in [-0.05, 0) is 99.2 Å². The van der Waals surface area contributed by atoms with Crippen LogP contribution >= 0.6 is 0 Å². The van der Waals surface area contributed by atoms with Crippen LogP contribution in [0.1, 0.15) is 149 Å². The van der Waals surface area contributed by atoms with Crippen molar-refractivity contribution in [3.8, 4) is 23.0 Å². The van der Waals surface area contributed by atoms with Gasteiger partial charge < -0.3 is 135 Å². The third-order valence-corrected chi connectivity index (χ3v) is 20.4. The number of pyridine rings is 1. The molecule has 5 aliphatic rings. The van der Waals surface area contributed by atoms with Gasteiger partial charge in [0, 0.05) is 74.6 Å². The standard InChI is InChI=1S/C74H110N6O26/c1-7-13-15-17-25-74(26-18-16-14-8-2)46-31-41(19-20-42-32-48(68(97)78(9-3)10-4)77-49(33-42)69(98)79(11-5)12-6)21-23-44(46)45-24-22-43(34-47(45)74)80(29-27-75-54(85)39-99-70-64(95)60(91)66(52(37-83)103-70)105-72-62(93)58(89)56(87)50(35-81)101-72)30-28-76-55(86)40-100-71-65(96)61(92)67(53(38-84)104-71)106-73-63(94)59(90)57(88)51(36-82)102-73/h21-24,31-34,50-53,56-67,70-73,81-84,87-96H,7-18,25-30,35-40H2,1-6H3,(H,75,85)(H,76,86)/t50-,51-,52-,53-,56+,57+,58+,59+,60-,61-,62-,63-,64-,65-,66-,67-,70+,71+,72+,73+/m1/s1. The second kappa shape index (κ2) is 40.6. The number of nitrogens with zero attached hydrogens (tertiary/aromatic N) is 4. The van der Waals surface area contributed by atoms with Gasteiger partial charge in [-0.25, -0.2) is 4.98 Å². The Hall–Kier alpha value is -6.05. The van der Waals surface area contributed by atoms with Crippen LogP contribution in [-0.4, -0.2) is 325 Å². The van der Waals surface area contributed by atoms with Crippen molar-refractivity contribution in [2.24, 2.45) is 0 Å². The van der Waals surface area contributed by atoms with Crippen molar-refractivity contribution >= 4 is 29.3 Å². The molecule has 0 saturated carbocycles. The molecular formula is C74H110N6O26. The topological polar surface area (TPSA) is 472 Å².